The number of carbonyl (C=O) groups is 2. The molecule has 0 aromatic heterocycles. The van der Waals surface area contributed by atoms with Crippen LogP contribution in [0.15, 0.2) is 0 Å². The summed E-state index contributed by atoms with van der Waals surface area (Å²) in [4.78, 5) is 22.4. The van der Waals surface area contributed by atoms with Gasteiger partial charge in [-0.1, -0.05) is 0 Å². The Morgan fingerprint density at radius 3 is 1.85 bits per heavy atom. The number of rotatable bonds is 2. The SMILES string of the molecule is CCN1C(=O)CC(=O)N(CC)S1=O. The van der Waals surface area contributed by atoms with Crippen LogP contribution in [0.2, 0.25) is 0 Å². The van der Waals surface area contributed by atoms with Gasteiger partial charge >= 0.3 is 0 Å². The van der Waals surface area contributed by atoms with Gasteiger partial charge < -0.3 is 0 Å². The van der Waals surface area contributed by atoms with E-state index in [4.69, 9.17) is 0 Å². The quantitative estimate of drug-likeness (QED) is 0.578. The standard InChI is InChI=1S/C7H12N2O3S/c1-3-8-6(10)5-7(11)9(4-2)13(8)12/h3-5H2,1-2H3. The first-order valence-corrected chi connectivity index (χ1v) is 5.20. The topological polar surface area (TPSA) is 57.7 Å². The molecule has 0 aliphatic carbocycles. The van der Waals surface area contributed by atoms with Gasteiger partial charge in [-0.3, -0.25) is 9.59 Å². The zero-order valence-electron chi connectivity index (χ0n) is 7.65. The first kappa shape index (κ1) is 10.2. The predicted octanol–water partition coefficient (Wildman–Crippen LogP) is -0.334. The second kappa shape index (κ2) is 3.87. The van der Waals surface area contributed by atoms with Crippen LogP contribution in [0.4, 0.5) is 0 Å². The molecule has 0 aromatic rings. The lowest BCUT2D eigenvalue weighted by Gasteiger charge is -2.31. The van der Waals surface area contributed by atoms with Gasteiger partial charge in [0.15, 0.2) is 0 Å². The number of hydrogen-bond donors (Lipinski definition) is 0. The second-order valence-electron chi connectivity index (χ2n) is 2.58. The third-order valence-electron chi connectivity index (χ3n) is 1.81. The van der Waals surface area contributed by atoms with Crippen molar-refractivity contribution in [3.05, 3.63) is 0 Å². The van der Waals surface area contributed by atoms with Crippen molar-refractivity contribution >= 4 is 23.0 Å². The first-order valence-electron chi connectivity index (χ1n) is 4.14. The fraction of sp³-hybridized carbons (Fsp3) is 0.714. The molecule has 0 radical (unpaired) electrons. The van der Waals surface area contributed by atoms with E-state index in [1.54, 1.807) is 13.8 Å². The molecule has 13 heavy (non-hydrogen) atoms. The number of nitrogens with zero attached hydrogens (tertiary/aromatic N) is 2. The van der Waals surface area contributed by atoms with Crippen molar-refractivity contribution in [3.8, 4) is 0 Å². The fourth-order valence-corrected chi connectivity index (χ4v) is 2.33. The van der Waals surface area contributed by atoms with Crippen LogP contribution >= 0.6 is 0 Å². The fourth-order valence-electron chi connectivity index (χ4n) is 1.17. The molecule has 1 rings (SSSR count). The normalized spacial score (nSPS) is 19.8. The van der Waals surface area contributed by atoms with Gasteiger partial charge in [-0.05, 0) is 13.8 Å². The van der Waals surface area contributed by atoms with E-state index in [2.05, 4.69) is 0 Å². The third kappa shape index (κ3) is 1.72. The lowest BCUT2D eigenvalue weighted by Crippen LogP contribution is -2.51. The van der Waals surface area contributed by atoms with Gasteiger partial charge in [0.25, 0.3) is 0 Å². The summed E-state index contributed by atoms with van der Waals surface area (Å²) < 4.78 is 13.9. The van der Waals surface area contributed by atoms with E-state index in [0.717, 1.165) is 0 Å². The molecule has 0 aromatic carbocycles. The highest BCUT2D eigenvalue weighted by atomic mass is 32.2. The molecule has 0 atom stereocenters. The van der Waals surface area contributed by atoms with Crippen molar-refractivity contribution in [1.82, 2.24) is 8.61 Å². The average molecular weight is 204 g/mol. The van der Waals surface area contributed by atoms with Crippen LogP contribution in [-0.2, 0) is 20.8 Å². The van der Waals surface area contributed by atoms with Crippen LogP contribution in [0.3, 0.4) is 0 Å². The minimum absolute atomic E-state index is 0.159. The van der Waals surface area contributed by atoms with E-state index in [1.807, 2.05) is 0 Å². The Labute approximate surface area is 79.4 Å². The van der Waals surface area contributed by atoms with E-state index in [0.29, 0.717) is 13.1 Å². The Kier molecular flexibility index (Phi) is 3.02. The molecule has 0 unspecified atom stereocenters. The zero-order chi connectivity index (χ0) is 10.0. The summed E-state index contributed by atoms with van der Waals surface area (Å²) in [5.41, 5.74) is 0. The van der Waals surface area contributed by atoms with Gasteiger partial charge in [0.05, 0.1) is 0 Å². The van der Waals surface area contributed by atoms with Crippen molar-refractivity contribution in [2.45, 2.75) is 20.3 Å². The van der Waals surface area contributed by atoms with Crippen molar-refractivity contribution in [3.63, 3.8) is 0 Å². The Morgan fingerprint density at radius 2 is 1.54 bits per heavy atom. The highest BCUT2D eigenvalue weighted by molar-refractivity contribution is 7.81. The Balaban J connectivity index is 2.87. The van der Waals surface area contributed by atoms with Gasteiger partial charge in [0.1, 0.15) is 6.42 Å². The molecule has 2 amide bonds. The molecule has 0 saturated carbocycles. The van der Waals surface area contributed by atoms with Gasteiger partial charge in [-0.15, -0.1) is 0 Å². The second-order valence-corrected chi connectivity index (χ2v) is 3.93. The van der Waals surface area contributed by atoms with Crippen LogP contribution in [0.1, 0.15) is 20.3 Å². The molecular formula is C7H12N2O3S. The van der Waals surface area contributed by atoms with E-state index in [1.165, 1.54) is 8.61 Å². The minimum Gasteiger partial charge on any atom is -0.273 e. The smallest absolute Gasteiger partial charge is 0.245 e. The molecular weight excluding hydrogens is 192 g/mol. The van der Waals surface area contributed by atoms with E-state index < -0.39 is 11.2 Å². The summed E-state index contributed by atoms with van der Waals surface area (Å²) in [5, 5.41) is 0. The van der Waals surface area contributed by atoms with Crippen LogP contribution in [0.25, 0.3) is 0 Å². The monoisotopic (exact) mass is 204 g/mol. The summed E-state index contributed by atoms with van der Waals surface area (Å²) in [6.45, 7) is 4.21. The molecule has 1 aliphatic rings. The summed E-state index contributed by atoms with van der Waals surface area (Å²) >= 11 is -1.61. The number of hydrogen-bond acceptors (Lipinski definition) is 3. The highest BCUT2D eigenvalue weighted by Gasteiger charge is 2.34. The summed E-state index contributed by atoms with van der Waals surface area (Å²) in [6.07, 6.45) is -0.159. The molecule has 1 saturated heterocycles. The van der Waals surface area contributed by atoms with Crippen molar-refractivity contribution < 1.29 is 13.8 Å². The molecule has 0 spiro atoms. The third-order valence-corrected chi connectivity index (χ3v) is 3.49. The van der Waals surface area contributed by atoms with Crippen LogP contribution < -0.4 is 0 Å². The van der Waals surface area contributed by atoms with Gasteiger partial charge in [0.2, 0.25) is 23.0 Å². The molecule has 0 bridgehead atoms. The number of carbonyl (C=O) groups excluding carboxylic acids is 2. The van der Waals surface area contributed by atoms with Crippen molar-refractivity contribution in [2.75, 3.05) is 13.1 Å². The molecule has 5 nitrogen and oxygen atoms in total. The maximum absolute atomic E-state index is 11.5. The Morgan fingerprint density at radius 1 is 1.15 bits per heavy atom. The summed E-state index contributed by atoms with van der Waals surface area (Å²) in [5.74, 6) is -0.703. The van der Waals surface area contributed by atoms with Crippen molar-refractivity contribution in [2.24, 2.45) is 0 Å². The lowest BCUT2D eigenvalue weighted by atomic mass is 10.3. The van der Waals surface area contributed by atoms with Gasteiger partial charge in [-0.25, -0.2) is 12.8 Å². The van der Waals surface area contributed by atoms with Crippen molar-refractivity contribution in [1.29, 1.82) is 0 Å². The largest absolute Gasteiger partial charge is 0.273 e. The molecule has 1 fully saturated rings. The Hall–Kier alpha value is -0.910. The molecule has 6 heteroatoms. The van der Waals surface area contributed by atoms with Crippen LogP contribution in [-0.4, -0.2) is 37.7 Å². The molecule has 0 N–H and O–H groups in total. The predicted molar refractivity (Wildman–Crippen MR) is 47.5 cm³/mol. The zero-order valence-corrected chi connectivity index (χ0v) is 8.47. The summed E-state index contributed by atoms with van der Waals surface area (Å²) in [7, 11) is 0. The van der Waals surface area contributed by atoms with E-state index in [9.17, 15) is 13.8 Å². The van der Waals surface area contributed by atoms with E-state index in [-0.39, 0.29) is 18.2 Å². The lowest BCUT2D eigenvalue weighted by molar-refractivity contribution is -0.137. The summed E-state index contributed by atoms with van der Waals surface area (Å²) in [6, 6.07) is 0. The maximum Gasteiger partial charge on any atom is 0.245 e. The van der Waals surface area contributed by atoms with Gasteiger partial charge in [0, 0.05) is 13.1 Å². The molecule has 1 heterocycles. The van der Waals surface area contributed by atoms with Crippen LogP contribution in [0.5, 0.6) is 0 Å². The van der Waals surface area contributed by atoms with Crippen LogP contribution in [0, 0.1) is 0 Å². The first-order chi connectivity index (χ1) is 6.11. The van der Waals surface area contributed by atoms with Gasteiger partial charge in [-0.2, -0.15) is 0 Å². The molecule has 74 valence electrons. The molecule has 1 aliphatic heterocycles. The average Bonchev–Trinajstić information content (AvgIpc) is 2.04. The Bertz CT molecular complexity index is 242. The highest BCUT2D eigenvalue weighted by Crippen LogP contribution is 2.13. The minimum atomic E-state index is -1.61. The number of amides is 2. The van der Waals surface area contributed by atoms with E-state index >= 15 is 0 Å². The maximum atomic E-state index is 11.5.